The van der Waals surface area contributed by atoms with Crippen LogP contribution in [0.4, 0.5) is 4.39 Å². The van der Waals surface area contributed by atoms with Crippen molar-refractivity contribution in [3.63, 3.8) is 0 Å². The smallest absolute Gasteiger partial charge is 0.303 e. The lowest BCUT2D eigenvalue weighted by atomic mass is 9.92. The number of carbonyl (C=O) groups is 1. The zero-order chi connectivity index (χ0) is 14.8. The zero-order valence-electron chi connectivity index (χ0n) is 11.6. The summed E-state index contributed by atoms with van der Waals surface area (Å²) in [6.07, 6.45) is 3.65. The Morgan fingerprint density at radius 2 is 2.05 bits per heavy atom. The molecule has 110 valence electrons. The number of alkyl halides is 1. The van der Waals surface area contributed by atoms with Gasteiger partial charge in [-0.15, -0.1) is 6.58 Å². The third kappa shape index (κ3) is 5.87. The molecule has 20 heavy (non-hydrogen) atoms. The highest BCUT2D eigenvalue weighted by Gasteiger charge is 2.14. The van der Waals surface area contributed by atoms with E-state index in [2.05, 4.69) is 6.58 Å². The van der Waals surface area contributed by atoms with Gasteiger partial charge >= 0.3 is 5.97 Å². The van der Waals surface area contributed by atoms with Crippen molar-refractivity contribution in [2.75, 3.05) is 13.3 Å². The van der Waals surface area contributed by atoms with Gasteiger partial charge in [0.25, 0.3) is 0 Å². The minimum absolute atomic E-state index is 0.0643. The lowest BCUT2D eigenvalue weighted by Crippen LogP contribution is -2.06. The second-order valence-electron chi connectivity index (χ2n) is 4.63. The summed E-state index contributed by atoms with van der Waals surface area (Å²) in [5.41, 5.74) is 0.961. The van der Waals surface area contributed by atoms with Crippen LogP contribution in [-0.4, -0.2) is 24.4 Å². The van der Waals surface area contributed by atoms with Crippen molar-refractivity contribution in [2.45, 2.75) is 31.6 Å². The van der Waals surface area contributed by atoms with E-state index in [1.165, 1.54) is 0 Å². The van der Waals surface area contributed by atoms with Crippen LogP contribution < -0.4 is 4.74 Å². The Labute approximate surface area is 119 Å². The fraction of sp³-hybridized carbons (Fsp3) is 0.438. The topological polar surface area (TPSA) is 46.5 Å². The molecule has 1 N–H and O–H groups in total. The second-order valence-corrected chi connectivity index (χ2v) is 4.63. The van der Waals surface area contributed by atoms with Crippen LogP contribution in [0.2, 0.25) is 0 Å². The maximum absolute atomic E-state index is 11.9. The Hall–Kier alpha value is -1.84. The SMILES string of the molecule is C=CCC(CC(=O)O)c1ccc(OCCCCF)cc1. The first kappa shape index (κ1) is 16.2. The Balaban J connectivity index is 2.58. The summed E-state index contributed by atoms with van der Waals surface area (Å²) >= 11 is 0. The zero-order valence-corrected chi connectivity index (χ0v) is 11.6. The molecule has 1 unspecified atom stereocenters. The first-order valence-corrected chi connectivity index (χ1v) is 6.78. The minimum Gasteiger partial charge on any atom is -0.494 e. The maximum atomic E-state index is 11.9. The predicted molar refractivity (Wildman–Crippen MR) is 77.0 cm³/mol. The Morgan fingerprint density at radius 3 is 2.60 bits per heavy atom. The average molecular weight is 280 g/mol. The van der Waals surface area contributed by atoms with E-state index in [9.17, 15) is 9.18 Å². The molecule has 1 rings (SSSR count). The van der Waals surface area contributed by atoms with Crippen LogP contribution in [0.3, 0.4) is 0 Å². The van der Waals surface area contributed by atoms with Crippen molar-refractivity contribution in [3.8, 4) is 5.75 Å². The molecule has 0 saturated heterocycles. The van der Waals surface area contributed by atoms with Crippen LogP contribution in [0, 0.1) is 0 Å². The van der Waals surface area contributed by atoms with E-state index in [1.807, 2.05) is 24.3 Å². The molecular weight excluding hydrogens is 259 g/mol. The van der Waals surface area contributed by atoms with Crippen LogP contribution in [-0.2, 0) is 4.79 Å². The Bertz CT molecular complexity index is 414. The number of carboxylic acids is 1. The first-order chi connectivity index (χ1) is 9.67. The molecule has 0 aliphatic carbocycles. The van der Waals surface area contributed by atoms with Gasteiger partial charge in [-0.3, -0.25) is 9.18 Å². The highest BCUT2D eigenvalue weighted by Crippen LogP contribution is 2.26. The summed E-state index contributed by atoms with van der Waals surface area (Å²) in [5, 5.41) is 8.90. The highest BCUT2D eigenvalue weighted by atomic mass is 19.1. The van der Waals surface area contributed by atoms with Gasteiger partial charge in [0.15, 0.2) is 0 Å². The molecular formula is C16H21FO3. The number of hydrogen-bond acceptors (Lipinski definition) is 2. The van der Waals surface area contributed by atoms with Gasteiger partial charge in [0.2, 0.25) is 0 Å². The molecule has 0 heterocycles. The number of rotatable bonds is 10. The molecule has 0 spiro atoms. The lowest BCUT2D eigenvalue weighted by molar-refractivity contribution is -0.137. The Kier molecular flexibility index (Phi) is 7.40. The first-order valence-electron chi connectivity index (χ1n) is 6.78. The summed E-state index contributed by atoms with van der Waals surface area (Å²) in [6, 6.07) is 7.40. The molecule has 0 saturated carbocycles. The molecule has 0 aliphatic heterocycles. The van der Waals surface area contributed by atoms with Gasteiger partial charge in [0.05, 0.1) is 19.7 Å². The molecule has 0 amide bonds. The number of allylic oxidation sites excluding steroid dienone is 1. The van der Waals surface area contributed by atoms with Gasteiger partial charge in [-0.25, -0.2) is 0 Å². The van der Waals surface area contributed by atoms with E-state index in [1.54, 1.807) is 6.08 Å². The lowest BCUT2D eigenvalue weighted by Gasteiger charge is -2.14. The minimum atomic E-state index is -0.816. The highest BCUT2D eigenvalue weighted by molar-refractivity contribution is 5.68. The van der Waals surface area contributed by atoms with E-state index < -0.39 is 5.97 Å². The monoisotopic (exact) mass is 280 g/mol. The average Bonchev–Trinajstić information content (AvgIpc) is 2.43. The summed E-state index contributed by atoms with van der Waals surface area (Å²) < 4.78 is 17.4. The number of halogens is 1. The molecule has 1 atom stereocenters. The summed E-state index contributed by atoms with van der Waals surface area (Å²) in [7, 11) is 0. The number of ether oxygens (including phenoxy) is 1. The number of carboxylic acid groups (broad SMARTS) is 1. The summed E-state index contributed by atoms with van der Waals surface area (Å²) in [5.74, 6) is -0.158. The molecule has 3 nitrogen and oxygen atoms in total. The molecule has 0 aromatic heterocycles. The van der Waals surface area contributed by atoms with Crippen molar-refractivity contribution >= 4 is 5.97 Å². The third-order valence-corrected chi connectivity index (χ3v) is 3.02. The van der Waals surface area contributed by atoms with E-state index in [-0.39, 0.29) is 19.0 Å². The van der Waals surface area contributed by atoms with E-state index in [4.69, 9.17) is 9.84 Å². The maximum Gasteiger partial charge on any atom is 0.303 e. The van der Waals surface area contributed by atoms with Crippen molar-refractivity contribution < 1.29 is 19.0 Å². The largest absolute Gasteiger partial charge is 0.494 e. The van der Waals surface area contributed by atoms with Crippen molar-refractivity contribution in [2.24, 2.45) is 0 Å². The molecule has 0 fully saturated rings. The number of benzene rings is 1. The van der Waals surface area contributed by atoms with Crippen LogP contribution >= 0.6 is 0 Å². The van der Waals surface area contributed by atoms with E-state index in [0.29, 0.717) is 25.9 Å². The van der Waals surface area contributed by atoms with Crippen molar-refractivity contribution in [1.29, 1.82) is 0 Å². The fourth-order valence-electron chi connectivity index (χ4n) is 1.97. The molecule has 1 aromatic carbocycles. The van der Waals surface area contributed by atoms with E-state index in [0.717, 1.165) is 11.3 Å². The van der Waals surface area contributed by atoms with Crippen LogP contribution in [0.5, 0.6) is 5.75 Å². The van der Waals surface area contributed by atoms with Crippen LogP contribution in [0.25, 0.3) is 0 Å². The normalized spacial score (nSPS) is 11.8. The Morgan fingerprint density at radius 1 is 1.35 bits per heavy atom. The van der Waals surface area contributed by atoms with Crippen molar-refractivity contribution in [3.05, 3.63) is 42.5 Å². The predicted octanol–water partition coefficient (Wildman–Crippen LogP) is 3.95. The number of hydrogen-bond donors (Lipinski definition) is 1. The fourth-order valence-corrected chi connectivity index (χ4v) is 1.97. The summed E-state index contributed by atoms with van der Waals surface area (Å²) in [4.78, 5) is 10.8. The number of unbranched alkanes of at least 4 members (excludes halogenated alkanes) is 1. The van der Waals surface area contributed by atoms with Gasteiger partial charge in [0, 0.05) is 0 Å². The van der Waals surface area contributed by atoms with Gasteiger partial charge in [-0.2, -0.15) is 0 Å². The standard InChI is InChI=1S/C16H21FO3/c1-2-5-14(12-16(18)19)13-6-8-15(9-7-13)20-11-4-3-10-17/h2,6-9,14H,1,3-5,10-12H2,(H,18,19). The van der Waals surface area contributed by atoms with Crippen molar-refractivity contribution in [1.82, 2.24) is 0 Å². The van der Waals surface area contributed by atoms with Gasteiger partial charge in [-0.05, 0) is 42.9 Å². The molecule has 4 heteroatoms. The van der Waals surface area contributed by atoms with Crippen LogP contribution in [0.1, 0.15) is 37.2 Å². The molecule has 1 aromatic rings. The van der Waals surface area contributed by atoms with Gasteiger partial charge < -0.3 is 9.84 Å². The molecule has 0 radical (unpaired) electrons. The quantitative estimate of drug-likeness (QED) is 0.521. The number of aliphatic carboxylic acids is 1. The molecule has 0 aliphatic rings. The van der Waals surface area contributed by atoms with Gasteiger partial charge in [-0.1, -0.05) is 18.2 Å². The third-order valence-electron chi connectivity index (χ3n) is 3.02. The summed E-state index contributed by atoms with van der Waals surface area (Å²) in [6.45, 7) is 3.84. The van der Waals surface area contributed by atoms with Crippen LogP contribution in [0.15, 0.2) is 36.9 Å². The van der Waals surface area contributed by atoms with E-state index >= 15 is 0 Å². The van der Waals surface area contributed by atoms with Gasteiger partial charge in [0.1, 0.15) is 5.75 Å². The second kappa shape index (κ2) is 9.13. The molecule has 0 bridgehead atoms.